The van der Waals surface area contributed by atoms with Crippen LogP contribution >= 0.6 is 23.2 Å². The van der Waals surface area contributed by atoms with Crippen LogP contribution in [-0.2, 0) is 22.3 Å². The van der Waals surface area contributed by atoms with Crippen molar-refractivity contribution in [3.05, 3.63) is 39.6 Å². The molecule has 0 aliphatic heterocycles. The normalized spacial score (nSPS) is 13.0. The standard InChI is InChI=1S/C14H18Cl2N4O3S/c1-4-20-13(17-18-14(20)23-3)9(2)19-24(21,22)8-10-5-11(15)7-12(16)6-10/h5-7,9,19H,4,8H2,1-3H3/t9-/m1/s1. The molecule has 0 aliphatic carbocycles. The van der Waals surface area contributed by atoms with Crippen molar-refractivity contribution in [3.63, 3.8) is 0 Å². The van der Waals surface area contributed by atoms with Gasteiger partial charge in [-0.05, 0) is 37.6 Å². The summed E-state index contributed by atoms with van der Waals surface area (Å²) in [6, 6.07) is 4.44. The SMILES string of the molecule is CCn1c(OC)nnc1[C@@H](C)NS(=O)(=O)Cc1cc(Cl)cc(Cl)c1. The van der Waals surface area contributed by atoms with Gasteiger partial charge in [-0.1, -0.05) is 28.3 Å². The highest BCUT2D eigenvalue weighted by molar-refractivity contribution is 7.88. The number of nitrogens with zero attached hydrogens (tertiary/aromatic N) is 3. The maximum absolute atomic E-state index is 12.4. The molecule has 0 bridgehead atoms. The smallest absolute Gasteiger partial charge is 0.316 e. The van der Waals surface area contributed by atoms with E-state index in [-0.39, 0.29) is 5.75 Å². The molecule has 0 unspecified atom stereocenters. The van der Waals surface area contributed by atoms with Gasteiger partial charge in [-0.2, -0.15) is 0 Å². The average molecular weight is 393 g/mol. The highest BCUT2D eigenvalue weighted by Gasteiger charge is 2.22. The lowest BCUT2D eigenvalue weighted by Gasteiger charge is -2.15. The number of ether oxygens (including phenoxy) is 1. The van der Waals surface area contributed by atoms with E-state index in [0.717, 1.165) is 0 Å². The largest absolute Gasteiger partial charge is 0.467 e. The van der Waals surface area contributed by atoms with Crippen LogP contribution in [0.4, 0.5) is 0 Å². The maximum Gasteiger partial charge on any atom is 0.316 e. The molecule has 0 spiro atoms. The minimum absolute atomic E-state index is 0.241. The molecule has 0 fully saturated rings. The van der Waals surface area contributed by atoms with Crippen molar-refractivity contribution in [3.8, 4) is 6.01 Å². The van der Waals surface area contributed by atoms with Crippen molar-refractivity contribution in [2.24, 2.45) is 0 Å². The van der Waals surface area contributed by atoms with E-state index in [4.69, 9.17) is 27.9 Å². The van der Waals surface area contributed by atoms with Gasteiger partial charge in [0.15, 0.2) is 5.82 Å². The van der Waals surface area contributed by atoms with Crippen molar-refractivity contribution in [2.75, 3.05) is 7.11 Å². The van der Waals surface area contributed by atoms with Crippen LogP contribution in [0.2, 0.25) is 10.0 Å². The third-order valence-corrected chi connectivity index (χ3v) is 5.13. The number of methoxy groups -OCH3 is 1. The molecular formula is C14H18Cl2N4O3S. The Kier molecular flexibility index (Phi) is 6.08. The van der Waals surface area contributed by atoms with Gasteiger partial charge in [0, 0.05) is 16.6 Å². The summed E-state index contributed by atoms with van der Waals surface area (Å²) in [5.74, 6) is 0.233. The summed E-state index contributed by atoms with van der Waals surface area (Å²) in [6.07, 6.45) is 0. The second-order valence-electron chi connectivity index (χ2n) is 5.17. The van der Waals surface area contributed by atoms with Crippen molar-refractivity contribution >= 4 is 33.2 Å². The molecule has 0 saturated carbocycles. The predicted octanol–water partition coefficient (Wildman–Crippen LogP) is 2.79. The van der Waals surface area contributed by atoms with Crippen LogP contribution in [0.15, 0.2) is 18.2 Å². The summed E-state index contributed by atoms with van der Waals surface area (Å²) >= 11 is 11.8. The second kappa shape index (κ2) is 7.69. The Hall–Kier alpha value is -1.35. The summed E-state index contributed by atoms with van der Waals surface area (Å²) in [5.41, 5.74) is 0.502. The molecule has 1 heterocycles. The summed E-state index contributed by atoms with van der Waals surface area (Å²) in [4.78, 5) is 0. The van der Waals surface area contributed by atoms with E-state index in [1.165, 1.54) is 7.11 Å². The molecule has 2 rings (SSSR count). The van der Waals surface area contributed by atoms with Crippen molar-refractivity contribution in [1.29, 1.82) is 0 Å². The average Bonchev–Trinajstić information content (AvgIpc) is 2.87. The molecule has 0 amide bonds. The van der Waals surface area contributed by atoms with E-state index in [1.807, 2.05) is 6.92 Å². The highest BCUT2D eigenvalue weighted by atomic mass is 35.5. The van der Waals surface area contributed by atoms with Gasteiger partial charge in [0.25, 0.3) is 0 Å². The third-order valence-electron chi connectivity index (χ3n) is 3.27. The molecule has 7 nitrogen and oxygen atoms in total. The summed E-state index contributed by atoms with van der Waals surface area (Å²) in [6.45, 7) is 4.14. The van der Waals surface area contributed by atoms with Gasteiger partial charge in [-0.15, -0.1) is 5.10 Å². The minimum Gasteiger partial charge on any atom is -0.467 e. The van der Waals surface area contributed by atoms with Crippen molar-refractivity contribution in [1.82, 2.24) is 19.5 Å². The number of rotatable bonds is 7. The van der Waals surface area contributed by atoms with Gasteiger partial charge >= 0.3 is 6.01 Å². The van der Waals surface area contributed by atoms with E-state index in [9.17, 15) is 8.42 Å². The molecule has 10 heteroatoms. The first kappa shape index (κ1) is 19.0. The zero-order valence-electron chi connectivity index (χ0n) is 13.5. The van der Waals surface area contributed by atoms with Crippen LogP contribution in [0.3, 0.4) is 0 Å². The molecular weight excluding hydrogens is 375 g/mol. The molecule has 24 heavy (non-hydrogen) atoms. The van der Waals surface area contributed by atoms with Gasteiger partial charge in [0.2, 0.25) is 10.0 Å². The van der Waals surface area contributed by atoms with Crippen molar-refractivity contribution in [2.45, 2.75) is 32.2 Å². The van der Waals surface area contributed by atoms with Crippen LogP contribution in [0.25, 0.3) is 0 Å². The van der Waals surface area contributed by atoms with E-state index < -0.39 is 16.1 Å². The molecule has 1 atom stereocenters. The number of hydrogen-bond donors (Lipinski definition) is 1. The van der Waals surface area contributed by atoms with Gasteiger partial charge in [-0.3, -0.25) is 4.57 Å². The molecule has 1 aromatic heterocycles. The van der Waals surface area contributed by atoms with E-state index in [2.05, 4.69) is 14.9 Å². The summed E-state index contributed by atoms with van der Waals surface area (Å²) < 4.78 is 34.2. The van der Waals surface area contributed by atoms with Crippen LogP contribution in [0.5, 0.6) is 6.01 Å². The molecule has 2 aromatic rings. The van der Waals surface area contributed by atoms with Crippen LogP contribution in [0.1, 0.15) is 31.3 Å². The molecule has 132 valence electrons. The van der Waals surface area contributed by atoms with Gasteiger partial charge in [0.1, 0.15) is 0 Å². The Balaban J connectivity index is 2.18. The third kappa shape index (κ3) is 4.60. The maximum atomic E-state index is 12.4. The Labute approximate surface area is 151 Å². The lowest BCUT2D eigenvalue weighted by atomic mass is 10.2. The first-order valence-corrected chi connectivity index (χ1v) is 9.58. The lowest BCUT2D eigenvalue weighted by molar-refractivity contribution is 0.354. The Morgan fingerprint density at radius 1 is 1.25 bits per heavy atom. The van der Waals surface area contributed by atoms with Gasteiger partial charge < -0.3 is 4.74 Å². The zero-order chi connectivity index (χ0) is 17.9. The summed E-state index contributed by atoms with van der Waals surface area (Å²) in [5, 5.41) is 8.65. The first-order chi connectivity index (χ1) is 11.3. The number of nitrogens with one attached hydrogen (secondary N) is 1. The molecule has 0 saturated heterocycles. The first-order valence-electron chi connectivity index (χ1n) is 7.17. The number of benzene rings is 1. The molecule has 0 radical (unpaired) electrons. The highest BCUT2D eigenvalue weighted by Crippen LogP contribution is 2.22. The molecule has 1 aromatic carbocycles. The molecule has 1 N–H and O–H groups in total. The lowest BCUT2D eigenvalue weighted by Crippen LogP contribution is -2.30. The summed E-state index contributed by atoms with van der Waals surface area (Å²) in [7, 11) is -2.14. The number of hydrogen-bond acceptors (Lipinski definition) is 5. The molecule has 0 aliphatic rings. The van der Waals surface area contributed by atoms with Crippen LogP contribution in [0, 0.1) is 0 Å². The second-order valence-corrected chi connectivity index (χ2v) is 7.79. The fraction of sp³-hybridized carbons (Fsp3) is 0.429. The predicted molar refractivity (Wildman–Crippen MR) is 92.9 cm³/mol. The Morgan fingerprint density at radius 3 is 2.42 bits per heavy atom. The van der Waals surface area contributed by atoms with Crippen molar-refractivity contribution < 1.29 is 13.2 Å². The topological polar surface area (TPSA) is 86.1 Å². The Bertz CT molecular complexity index is 803. The van der Waals surface area contributed by atoms with E-state index in [0.29, 0.717) is 34.0 Å². The monoisotopic (exact) mass is 392 g/mol. The fourth-order valence-corrected chi connectivity index (χ4v) is 4.25. The number of halogens is 2. The van der Waals surface area contributed by atoms with Crippen LogP contribution in [-0.4, -0.2) is 30.3 Å². The number of sulfonamides is 1. The number of aromatic nitrogens is 3. The fourth-order valence-electron chi connectivity index (χ4n) is 2.35. The quantitative estimate of drug-likeness (QED) is 0.782. The minimum atomic E-state index is -3.63. The van der Waals surface area contributed by atoms with Gasteiger partial charge in [0.05, 0.1) is 18.9 Å². The van der Waals surface area contributed by atoms with Crippen LogP contribution < -0.4 is 9.46 Å². The zero-order valence-corrected chi connectivity index (χ0v) is 15.8. The Morgan fingerprint density at radius 2 is 1.88 bits per heavy atom. The van der Waals surface area contributed by atoms with E-state index in [1.54, 1.807) is 29.7 Å². The van der Waals surface area contributed by atoms with Gasteiger partial charge in [-0.25, -0.2) is 13.1 Å². The van der Waals surface area contributed by atoms with E-state index >= 15 is 0 Å².